The van der Waals surface area contributed by atoms with Crippen LogP contribution in [0.3, 0.4) is 0 Å². The van der Waals surface area contributed by atoms with Gasteiger partial charge in [0.1, 0.15) is 0 Å². The van der Waals surface area contributed by atoms with Crippen molar-refractivity contribution < 1.29 is 0 Å². The van der Waals surface area contributed by atoms with E-state index in [0.717, 1.165) is 6.42 Å². The number of rotatable bonds is 3. The zero-order valence-electron chi connectivity index (χ0n) is 29.1. The van der Waals surface area contributed by atoms with Gasteiger partial charge in [-0.1, -0.05) is 183 Å². The number of aryl methyl sites for hydroxylation is 1. The summed E-state index contributed by atoms with van der Waals surface area (Å²) in [6.45, 7) is 2.24. The van der Waals surface area contributed by atoms with Crippen molar-refractivity contribution in [3.05, 3.63) is 194 Å². The van der Waals surface area contributed by atoms with Crippen LogP contribution in [0.4, 0.5) is 0 Å². The standard InChI is InChI=1S/C36H26.C16H10/c1-2-24-15-20-33-34(21-24)36(30-19-17-26-10-4-6-12-28(26)23-30)32-14-8-7-13-31(32)35(33)29-18-16-25-9-3-5-11-27(25)22-29;1-3-11-7-9-13-5-2-6-14-10-8-12(4-1)15(11)16(13)14/h3-23H,2H2,1H3;1-10H. The molecule has 0 unspecified atom stereocenters. The monoisotopic (exact) mass is 660 g/mol. The van der Waals surface area contributed by atoms with Gasteiger partial charge >= 0.3 is 0 Å². The molecule has 0 N–H and O–H groups in total. The first-order valence-corrected chi connectivity index (χ1v) is 18.3. The van der Waals surface area contributed by atoms with Crippen molar-refractivity contribution in [3.63, 3.8) is 0 Å². The maximum absolute atomic E-state index is 2.41. The van der Waals surface area contributed by atoms with E-state index in [9.17, 15) is 0 Å². The second kappa shape index (κ2) is 12.4. The summed E-state index contributed by atoms with van der Waals surface area (Å²) in [5.41, 5.74) is 6.55. The lowest BCUT2D eigenvalue weighted by atomic mass is 9.84. The molecular formula is C52H36. The van der Waals surface area contributed by atoms with Crippen LogP contribution in [-0.4, -0.2) is 0 Å². The molecule has 0 heteroatoms. The Morgan fingerprint density at radius 3 is 1.15 bits per heavy atom. The summed E-state index contributed by atoms with van der Waals surface area (Å²) in [5.74, 6) is 0. The average molecular weight is 661 g/mol. The summed E-state index contributed by atoms with van der Waals surface area (Å²) in [6, 6.07) is 68.9. The summed E-state index contributed by atoms with van der Waals surface area (Å²) < 4.78 is 0. The summed E-state index contributed by atoms with van der Waals surface area (Å²) in [6.07, 6.45) is 1.02. The zero-order chi connectivity index (χ0) is 34.6. The van der Waals surface area contributed by atoms with Gasteiger partial charge in [-0.2, -0.15) is 0 Å². The van der Waals surface area contributed by atoms with Gasteiger partial charge in [0.2, 0.25) is 0 Å². The van der Waals surface area contributed by atoms with Crippen molar-refractivity contribution in [1.29, 1.82) is 0 Å². The maximum Gasteiger partial charge on any atom is -0.00261 e. The fraction of sp³-hybridized carbons (Fsp3) is 0.0385. The molecule has 244 valence electrons. The van der Waals surface area contributed by atoms with Crippen molar-refractivity contribution >= 4 is 75.4 Å². The van der Waals surface area contributed by atoms with Crippen LogP contribution < -0.4 is 0 Å². The molecule has 11 aromatic carbocycles. The van der Waals surface area contributed by atoms with Crippen LogP contribution in [0.5, 0.6) is 0 Å². The summed E-state index contributed by atoms with van der Waals surface area (Å²) in [7, 11) is 0. The molecule has 0 aliphatic rings. The quantitative estimate of drug-likeness (QED) is 0.131. The predicted molar refractivity (Wildman–Crippen MR) is 227 cm³/mol. The van der Waals surface area contributed by atoms with Crippen LogP contribution in [-0.2, 0) is 6.42 Å². The Morgan fingerprint density at radius 2 is 0.673 bits per heavy atom. The van der Waals surface area contributed by atoms with Crippen LogP contribution in [0.25, 0.3) is 97.7 Å². The van der Waals surface area contributed by atoms with E-state index < -0.39 is 0 Å². The van der Waals surface area contributed by atoms with Crippen molar-refractivity contribution in [2.45, 2.75) is 13.3 Å². The molecule has 0 heterocycles. The van der Waals surface area contributed by atoms with Gasteiger partial charge in [0.15, 0.2) is 0 Å². The molecule has 0 atom stereocenters. The Labute approximate surface area is 303 Å². The Morgan fingerprint density at radius 1 is 0.288 bits per heavy atom. The number of fused-ring (bicyclic) bond motifs is 4. The molecule has 52 heavy (non-hydrogen) atoms. The fourth-order valence-corrected chi connectivity index (χ4v) is 8.43. The van der Waals surface area contributed by atoms with E-state index in [1.54, 1.807) is 0 Å². The first-order valence-electron chi connectivity index (χ1n) is 18.3. The SMILES string of the molecule is CCc1ccc2c(-c3ccc4ccccc4c3)c3ccccc3c(-c3ccc4ccccc4c3)c2c1.c1cc2ccc3cccc4ccc(c1)c2c34. The van der Waals surface area contributed by atoms with E-state index in [1.807, 2.05) is 0 Å². The lowest BCUT2D eigenvalue weighted by Gasteiger charge is -2.19. The van der Waals surface area contributed by atoms with Gasteiger partial charge in [-0.15, -0.1) is 0 Å². The second-order valence-corrected chi connectivity index (χ2v) is 13.9. The molecule has 0 fully saturated rings. The highest BCUT2D eigenvalue weighted by molar-refractivity contribution is 6.23. The molecule has 0 spiro atoms. The summed E-state index contributed by atoms with van der Waals surface area (Å²) in [5, 5.41) is 18.5. The van der Waals surface area contributed by atoms with Gasteiger partial charge in [-0.25, -0.2) is 0 Å². The largest absolute Gasteiger partial charge is 0.0616 e. The normalized spacial score (nSPS) is 11.6. The molecule has 0 saturated carbocycles. The molecule has 0 amide bonds. The Balaban J connectivity index is 0.000000175. The molecule has 0 saturated heterocycles. The second-order valence-electron chi connectivity index (χ2n) is 13.9. The molecule has 11 aromatic rings. The zero-order valence-corrected chi connectivity index (χ0v) is 29.1. The van der Waals surface area contributed by atoms with Gasteiger partial charge in [-0.05, 0) is 122 Å². The number of hydrogen-bond acceptors (Lipinski definition) is 0. The summed E-state index contributed by atoms with van der Waals surface area (Å²) >= 11 is 0. The Hall–Kier alpha value is -6.50. The molecule has 0 radical (unpaired) electrons. The van der Waals surface area contributed by atoms with Crippen LogP contribution >= 0.6 is 0 Å². The highest BCUT2D eigenvalue weighted by atomic mass is 14.2. The number of hydrogen-bond donors (Lipinski definition) is 0. The molecule has 0 bridgehead atoms. The van der Waals surface area contributed by atoms with Gasteiger partial charge in [-0.3, -0.25) is 0 Å². The van der Waals surface area contributed by atoms with Crippen molar-refractivity contribution in [2.75, 3.05) is 0 Å². The highest BCUT2D eigenvalue weighted by Crippen LogP contribution is 2.45. The molecule has 0 aromatic heterocycles. The Kier molecular flexibility index (Phi) is 7.22. The topological polar surface area (TPSA) is 0 Å². The van der Waals surface area contributed by atoms with E-state index in [1.165, 1.54) is 103 Å². The van der Waals surface area contributed by atoms with E-state index in [-0.39, 0.29) is 0 Å². The van der Waals surface area contributed by atoms with Crippen LogP contribution in [0.1, 0.15) is 12.5 Å². The highest BCUT2D eigenvalue weighted by Gasteiger charge is 2.17. The minimum Gasteiger partial charge on any atom is -0.0616 e. The average Bonchev–Trinajstić information content (AvgIpc) is 3.21. The van der Waals surface area contributed by atoms with Crippen LogP contribution in [0.2, 0.25) is 0 Å². The fourth-order valence-electron chi connectivity index (χ4n) is 8.43. The van der Waals surface area contributed by atoms with Gasteiger partial charge in [0, 0.05) is 0 Å². The Bertz CT molecular complexity index is 2980. The molecule has 0 aliphatic carbocycles. The minimum absolute atomic E-state index is 1.02. The smallest absolute Gasteiger partial charge is 0.00261 e. The molecule has 11 rings (SSSR count). The molecule has 0 aliphatic heterocycles. The van der Waals surface area contributed by atoms with Crippen molar-refractivity contribution in [1.82, 2.24) is 0 Å². The maximum atomic E-state index is 2.41. The van der Waals surface area contributed by atoms with Crippen molar-refractivity contribution in [2.24, 2.45) is 0 Å². The van der Waals surface area contributed by atoms with Crippen molar-refractivity contribution in [3.8, 4) is 22.3 Å². The van der Waals surface area contributed by atoms with Crippen LogP contribution in [0, 0.1) is 0 Å². The third-order valence-corrected chi connectivity index (χ3v) is 11.0. The van der Waals surface area contributed by atoms with E-state index in [0.29, 0.717) is 0 Å². The van der Waals surface area contributed by atoms with E-state index in [4.69, 9.17) is 0 Å². The molecule has 0 nitrogen and oxygen atoms in total. The summed E-state index contributed by atoms with van der Waals surface area (Å²) in [4.78, 5) is 0. The predicted octanol–water partition coefficient (Wildman–Crippen LogP) is 14.8. The first kappa shape index (κ1) is 30.3. The number of benzene rings is 11. The third kappa shape index (κ3) is 4.99. The third-order valence-electron chi connectivity index (χ3n) is 11.0. The lowest BCUT2D eigenvalue weighted by molar-refractivity contribution is 1.15. The van der Waals surface area contributed by atoms with Gasteiger partial charge in [0.25, 0.3) is 0 Å². The van der Waals surface area contributed by atoms with Gasteiger partial charge in [0.05, 0.1) is 0 Å². The van der Waals surface area contributed by atoms with Gasteiger partial charge < -0.3 is 0 Å². The first-order chi connectivity index (χ1) is 25.7. The minimum atomic E-state index is 1.02. The lowest BCUT2D eigenvalue weighted by Crippen LogP contribution is -1.92. The van der Waals surface area contributed by atoms with E-state index >= 15 is 0 Å². The molecular weight excluding hydrogens is 625 g/mol. The van der Waals surface area contributed by atoms with E-state index in [2.05, 4.69) is 195 Å². The van der Waals surface area contributed by atoms with Crippen LogP contribution in [0.15, 0.2) is 188 Å².